The smallest absolute Gasteiger partial charge is 0.329 e. The summed E-state index contributed by atoms with van der Waals surface area (Å²) >= 11 is 0. The second-order valence-electron chi connectivity index (χ2n) is 4.95. The maximum absolute atomic E-state index is 10.4. The Morgan fingerprint density at radius 3 is 2.84 bits per heavy atom. The molecule has 0 amide bonds. The molecule has 0 aliphatic carbocycles. The van der Waals surface area contributed by atoms with Gasteiger partial charge in [-0.3, -0.25) is 0 Å². The predicted octanol–water partition coefficient (Wildman–Crippen LogP) is 0.528. The van der Waals surface area contributed by atoms with Crippen LogP contribution in [0, 0.1) is 0 Å². The van der Waals surface area contributed by atoms with Gasteiger partial charge in [0.25, 0.3) is 0 Å². The van der Waals surface area contributed by atoms with Crippen LogP contribution in [0.3, 0.4) is 0 Å². The Labute approximate surface area is 113 Å². The average Bonchev–Trinajstić information content (AvgIpc) is 2.81. The third-order valence-electron chi connectivity index (χ3n) is 3.55. The summed E-state index contributed by atoms with van der Waals surface area (Å²) in [5, 5.41) is 8.57. The van der Waals surface area contributed by atoms with Crippen molar-refractivity contribution in [1.82, 2.24) is 14.5 Å². The van der Waals surface area contributed by atoms with Crippen LogP contribution in [0.1, 0.15) is 18.7 Å². The van der Waals surface area contributed by atoms with Crippen molar-refractivity contribution in [2.24, 2.45) is 7.05 Å². The third kappa shape index (κ3) is 4.33. The molecule has 0 bridgehead atoms. The Bertz CT molecular complexity index is 411. The fourth-order valence-electron chi connectivity index (χ4n) is 2.38. The number of hydrogen-bond donors (Lipinski definition) is 1. The van der Waals surface area contributed by atoms with Crippen molar-refractivity contribution in [3.8, 4) is 0 Å². The van der Waals surface area contributed by atoms with Crippen LogP contribution < -0.4 is 0 Å². The zero-order valence-corrected chi connectivity index (χ0v) is 11.3. The minimum Gasteiger partial charge on any atom is -0.480 e. The zero-order valence-electron chi connectivity index (χ0n) is 11.3. The minimum absolute atomic E-state index is 0.0977. The Morgan fingerprint density at radius 2 is 2.26 bits per heavy atom. The van der Waals surface area contributed by atoms with Crippen molar-refractivity contribution in [2.75, 3.05) is 26.2 Å². The molecule has 1 saturated heterocycles. The van der Waals surface area contributed by atoms with E-state index in [1.165, 1.54) is 0 Å². The summed E-state index contributed by atoms with van der Waals surface area (Å²) < 4.78 is 7.36. The first kappa shape index (κ1) is 14.0. The molecule has 1 aromatic heterocycles. The summed E-state index contributed by atoms with van der Waals surface area (Å²) in [5.74, 6) is 0.210. The van der Waals surface area contributed by atoms with Crippen LogP contribution in [-0.2, 0) is 23.0 Å². The second-order valence-corrected chi connectivity index (χ2v) is 4.95. The van der Waals surface area contributed by atoms with Gasteiger partial charge in [-0.25, -0.2) is 9.78 Å². The zero-order chi connectivity index (χ0) is 13.7. The van der Waals surface area contributed by atoms with Crippen molar-refractivity contribution in [2.45, 2.75) is 25.4 Å². The maximum atomic E-state index is 10.4. The van der Waals surface area contributed by atoms with E-state index < -0.39 is 5.97 Å². The highest BCUT2D eigenvalue weighted by atomic mass is 16.5. The number of carboxylic acids is 1. The molecule has 1 aliphatic rings. The number of piperidine rings is 1. The number of ether oxygens (including phenoxy) is 1. The van der Waals surface area contributed by atoms with Crippen LogP contribution in [0.15, 0.2) is 12.4 Å². The highest BCUT2D eigenvalue weighted by Crippen LogP contribution is 2.14. The number of carboxylic acid groups (broad SMARTS) is 1. The van der Waals surface area contributed by atoms with Crippen molar-refractivity contribution in [3.63, 3.8) is 0 Å². The van der Waals surface area contributed by atoms with E-state index in [0.29, 0.717) is 0 Å². The average molecular weight is 267 g/mol. The number of aromatic nitrogens is 2. The van der Waals surface area contributed by atoms with E-state index in [0.717, 1.165) is 44.7 Å². The van der Waals surface area contributed by atoms with Crippen LogP contribution in [-0.4, -0.2) is 57.9 Å². The summed E-state index contributed by atoms with van der Waals surface area (Å²) in [4.78, 5) is 17.1. The molecule has 19 heavy (non-hydrogen) atoms. The van der Waals surface area contributed by atoms with Gasteiger partial charge in [-0.2, -0.15) is 0 Å². The molecule has 0 saturated carbocycles. The lowest BCUT2D eigenvalue weighted by atomic mass is 10.1. The first-order chi connectivity index (χ1) is 9.15. The van der Waals surface area contributed by atoms with Crippen molar-refractivity contribution >= 4 is 5.97 Å². The topological polar surface area (TPSA) is 67.6 Å². The lowest BCUT2D eigenvalue weighted by Gasteiger charge is -2.31. The van der Waals surface area contributed by atoms with Crippen molar-refractivity contribution in [1.29, 1.82) is 0 Å². The van der Waals surface area contributed by atoms with Crippen molar-refractivity contribution < 1.29 is 14.6 Å². The lowest BCUT2D eigenvalue weighted by molar-refractivity contribution is -0.145. The summed E-state index contributed by atoms with van der Waals surface area (Å²) in [6.07, 6.45) is 6.65. The van der Waals surface area contributed by atoms with E-state index in [1.54, 1.807) is 0 Å². The molecular formula is C13H21N3O3. The normalized spacial score (nSPS) is 17.7. The largest absolute Gasteiger partial charge is 0.480 e. The maximum Gasteiger partial charge on any atom is 0.329 e. The molecule has 0 aromatic carbocycles. The molecule has 1 aromatic rings. The van der Waals surface area contributed by atoms with Crippen LogP contribution in [0.2, 0.25) is 0 Å². The van der Waals surface area contributed by atoms with Gasteiger partial charge < -0.3 is 19.3 Å². The molecule has 0 atom stereocenters. The summed E-state index contributed by atoms with van der Waals surface area (Å²) in [6, 6.07) is 0. The Hall–Kier alpha value is -1.40. The molecule has 1 aliphatic heterocycles. The Kier molecular flexibility index (Phi) is 4.93. The summed E-state index contributed by atoms with van der Waals surface area (Å²) in [5.41, 5.74) is 0. The number of aliphatic carboxylic acids is 1. The molecule has 1 fully saturated rings. The fraction of sp³-hybridized carbons (Fsp3) is 0.692. The van der Waals surface area contributed by atoms with E-state index in [2.05, 4.69) is 9.88 Å². The van der Waals surface area contributed by atoms with Crippen LogP contribution in [0.5, 0.6) is 0 Å². The minimum atomic E-state index is -0.891. The quantitative estimate of drug-likeness (QED) is 0.814. The van der Waals surface area contributed by atoms with Gasteiger partial charge in [0.05, 0.1) is 6.10 Å². The first-order valence-corrected chi connectivity index (χ1v) is 6.67. The van der Waals surface area contributed by atoms with E-state index in [4.69, 9.17) is 9.84 Å². The predicted molar refractivity (Wildman–Crippen MR) is 70.0 cm³/mol. The van der Waals surface area contributed by atoms with Crippen LogP contribution in [0.25, 0.3) is 0 Å². The lowest BCUT2D eigenvalue weighted by Crippen LogP contribution is -2.38. The monoisotopic (exact) mass is 267 g/mol. The Morgan fingerprint density at radius 1 is 1.53 bits per heavy atom. The molecule has 0 spiro atoms. The molecule has 2 heterocycles. The van der Waals surface area contributed by atoms with Gasteiger partial charge in [-0.05, 0) is 12.8 Å². The molecule has 2 rings (SSSR count). The van der Waals surface area contributed by atoms with Gasteiger partial charge in [0.1, 0.15) is 12.4 Å². The number of aryl methyl sites for hydroxylation is 1. The van der Waals surface area contributed by atoms with Crippen molar-refractivity contribution in [3.05, 3.63) is 18.2 Å². The number of carbonyl (C=O) groups is 1. The number of rotatable bonds is 6. The molecular weight excluding hydrogens is 246 g/mol. The molecule has 1 N–H and O–H groups in total. The molecule has 6 heteroatoms. The third-order valence-corrected chi connectivity index (χ3v) is 3.55. The highest BCUT2D eigenvalue weighted by molar-refractivity contribution is 5.68. The van der Waals surface area contributed by atoms with E-state index in [9.17, 15) is 4.79 Å². The Balaban J connectivity index is 1.66. The van der Waals surface area contributed by atoms with Gasteiger partial charge in [0, 0.05) is 45.5 Å². The van der Waals surface area contributed by atoms with Gasteiger partial charge in [0.15, 0.2) is 0 Å². The number of likely N-dealkylation sites (tertiary alicyclic amines) is 1. The summed E-state index contributed by atoms with van der Waals surface area (Å²) in [6.45, 7) is 2.75. The van der Waals surface area contributed by atoms with Gasteiger partial charge >= 0.3 is 5.97 Å². The molecule has 0 radical (unpaired) electrons. The molecule has 0 unspecified atom stereocenters. The van der Waals surface area contributed by atoms with Crippen LogP contribution in [0.4, 0.5) is 0 Å². The standard InChI is InChI=1S/C13H21N3O3/c1-15-9-5-14-12(15)4-8-16-6-2-11(3-7-16)19-10-13(17)18/h5,9,11H,2-4,6-8,10H2,1H3,(H,17,18). The SMILES string of the molecule is Cn1ccnc1CCN1CCC(OCC(=O)O)CC1. The number of imidazole rings is 1. The van der Waals surface area contributed by atoms with E-state index in [-0.39, 0.29) is 12.7 Å². The van der Waals surface area contributed by atoms with Crippen LogP contribution >= 0.6 is 0 Å². The first-order valence-electron chi connectivity index (χ1n) is 6.67. The van der Waals surface area contributed by atoms with Gasteiger partial charge in [0.2, 0.25) is 0 Å². The van der Waals surface area contributed by atoms with Gasteiger partial charge in [-0.15, -0.1) is 0 Å². The van der Waals surface area contributed by atoms with Gasteiger partial charge in [-0.1, -0.05) is 0 Å². The second kappa shape index (κ2) is 6.68. The summed E-state index contributed by atoms with van der Waals surface area (Å²) in [7, 11) is 2.01. The molecule has 6 nitrogen and oxygen atoms in total. The number of hydrogen-bond acceptors (Lipinski definition) is 4. The number of nitrogens with zero attached hydrogens (tertiary/aromatic N) is 3. The molecule has 106 valence electrons. The fourth-order valence-corrected chi connectivity index (χ4v) is 2.38. The van der Waals surface area contributed by atoms with E-state index in [1.807, 2.05) is 24.0 Å². The highest BCUT2D eigenvalue weighted by Gasteiger charge is 2.20. The van der Waals surface area contributed by atoms with E-state index >= 15 is 0 Å².